The highest BCUT2D eigenvalue weighted by molar-refractivity contribution is 6.13. The fourth-order valence-electron chi connectivity index (χ4n) is 4.47. The van der Waals surface area contributed by atoms with Gasteiger partial charge in [-0.25, -0.2) is 9.18 Å². The van der Waals surface area contributed by atoms with E-state index in [2.05, 4.69) is 11.8 Å². The fraction of sp³-hybridized carbons (Fsp3) is 0.500. The van der Waals surface area contributed by atoms with Crippen LogP contribution in [0, 0.1) is 5.82 Å². The molecular formula is C22H26FN3O4. The molecule has 2 aliphatic heterocycles. The van der Waals surface area contributed by atoms with Gasteiger partial charge in [0.1, 0.15) is 11.4 Å². The summed E-state index contributed by atoms with van der Waals surface area (Å²) in [6.07, 6.45) is 1.63. The molecule has 0 spiro atoms. The molecule has 8 heteroatoms. The number of aromatic nitrogens is 1. The molecular weight excluding hydrogens is 389 g/mol. The van der Waals surface area contributed by atoms with Crippen molar-refractivity contribution in [3.05, 3.63) is 39.4 Å². The zero-order valence-electron chi connectivity index (χ0n) is 17.7. The molecule has 1 aromatic heterocycles. The summed E-state index contributed by atoms with van der Waals surface area (Å²) in [6, 6.07) is 1.11. The number of anilines is 1. The van der Waals surface area contributed by atoms with Crippen LogP contribution in [-0.4, -0.2) is 60.6 Å². The monoisotopic (exact) mass is 415 g/mol. The van der Waals surface area contributed by atoms with Crippen molar-refractivity contribution in [3.63, 3.8) is 0 Å². The Hall–Kier alpha value is -2.74. The molecule has 1 saturated heterocycles. The van der Waals surface area contributed by atoms with Gasteiger partial charge >= 0.3 is 5.97 Å². The van der Waals surface area contributed by atoms with Gasteiger partial charge in [-0.15, -0.1) is 0 Å². The van der Waals surface area contributed by atoms with E-state index in [-0.39, 0.29) is 53.1 Å². The van der Waals surface area contributed by atoms with Crippen molar-refractivity contribution in [2.75, 3.05) is 38.2 Å². The molecule has 0 saturated carbocycles. The summed E-state index contributed by atoms with van der Waals surface area (Å²) in [5.74, 6) is -1.53. The lowest BCUT2D eigenvalue weighted by Crippen LogP contribution is -2.50. The predicted octanol–water partition coefficient (Wildman–Crippen LogP) is 2.61. The number of rotatable bonds is 3. The van der Waals surface area contributed by atoms with Crippen LogP contribution in [0.15, 0.2) is 17.1 Å². The Kier molecular flexibility index (Phi) is 5.13. The van der Waals surface area contributed by atoms with Crippen LogP contribution in [-0.2, 0) is 4.74 Å². The lowest BCUT2D eigenvalue weighted by molar-refractivity contribution is 0.0524. The van der Waals surface area contributed by atoms with Crippen LogP contribution < -0.4 is 10.3 Å². The number of ketones is 1. The average molecular weight is 415 g/mol. The van der Waals surface area contributed by atoms with Crippen molar-refractivity contribution in [1.29, 1.82) is 0 Å². The highest BCUT2D eigenvalue weighted by Gasteiger charge is 2.34. The number of piperazine rings is 1. The average Bonchev–Trinajstić information content (AvgIpc) is 2.69. The van der Waals surface area contributed by atoms with Gasteiger partial charge in [-0.1, -0.05) is 0 Å². The number of pyridine rings is 1. The zero-order valence-corrected chi connectivity index (χ0v) is 17.7. The van der Waals surface area contributed by atoms with Crippen LogP contribution in [0.3, 0.4) is 0 Å². The summed E-state index contributed by atoms with van der Waals surface area (Å²) in [6.45, 7) is 7.61. The number of hydrogen-bond acceptors (Lipinski definition) is 6. The zero-order chi connectivity index (χ0) is 21.7. The Labute approximate surface area is 174 Å². The van der Waals surface area contributed by atoms with Crippen molar-refractivity contribution < 1.29 is 18.7 Å². The quantitative estimate of drug-likeness (QED) is 0.718. The largest absolute Gasteiger partial charge is 0.462 e. The Bertz CT molecular complexity index is 1110. The molecule has 160 valence electrons. The summed E-state index contributed by atoms with van der Waals surface area (Å²) in [5, 5.41) is 0.0406. The molecule has 0 amide bonds. The maximum Gasteiger partial charge on any atom is 0.343 e. The van der Waals surface area contributed by atoms with E-state index >= 15 is 4.39 Å². The lowest BCUT2D eigenvalue weighted by atomic mass is 9.92. The van der Waals surface area contributed by atoms with Gasteiger partial charge < -0.3 is 19.1 Å². The molecule has 0 N–H and O–H groups in total. The minimum Gasteiger partial charge on any atom is -0.462 e. The normalized spacial score (nSPS) is 21.9. The Morgan fingerprint density at radius 3 is 2.63 bits per heavy atom. The van der Waals surface area contributed by atoms with Gasteiger partial charge in [-0.05, 0) is 33.9 Å². The van der Waals surface area contributed by atoms with Crippen LogP contribution in [0.4, 0.5) is 10.1 Å². The number of benzene rings is 1. The first-order chi connectivity index (χ1) is 14.2. The summed E-state index contributed by atoms with van der Waals surface area (Å²) < 4.78 is 22.2. The number of ether oxygens (including phenoxy) is 1. The minimum atomic E-state index is -0.740. The third-order valence-electron chi connectivity index (χ3n) is 6.25. The number of nitrogens with zero attached hydrogens (tertiary/aromatic N) is 3. The van der Waals surface area contributed by atoms with Crippen molar-refractivity contribution in [1.82, 2.24) is 9.47 Å². The molecule has 1 aromatic carbocycles. The maximum absolute atomic E-state index is 15.4. The fourth-order valence-corrected chi connectivity index (χ4v) is 4.47. The van der Waals surface area contributed by atoms with Crippen LogP contribution in [0.5, 0.6) is 0 Å². The summed E-state index contributed by atoms with van der Waals surface area (Å²) in [4.78, 5) is 42.5. The van der Waals surface area contributed by atoms with E-state index in [0.717, 1.165) is 6.54 Å². The maximum atomic E-state index is 15.4. The predicted molar refractivity (Wildman–Crippen MR) is 112 cm³/mol. The SMILES string of the molecule is CCOC(=O)c1cn2c3c(c(N4CCN(C)C(C)C4)c(F)cc3c1=O)C(=O)CC2C. The molecule has 30 heavy (non-hydrogen) atoms. The third kappa shape index (κ3) is 3.10. The first kappa shape index (κ1) is 20.5. The van der Waals surface area contributed by atoms with Gasteiger partial charge in [0.2, 0.25) is 5.43 Å². The van der Waals surface area contributed by atoms with E-state index in [9.17, 15) is 14.4 Å². The van der Waals surface area contributed by atoms with Gasteiger partial charge in [0, 0.05) is 44.3 Å². The Balaban J connectivity index is 2.00. The topological polar surface area (TPSA) is 71.8 Å². The molecule has 4 rings (SSSR count). The summed E-state index contributed by atoms with van der Waals surface area (Å²) >= 11 is 0. The smallest absolute Gasteiger partial charge is 0.343 e. The molecule has 0 radical (unpaired) electrons. The minimum absolute atomic E-state index is 0.0406. The third-order valence-corrected chi connectivity index (χ3v) is 6.25. The Morgan fingerprint density at radius 2 is 1.97 bits per heavy atom. The second kappa shape index (κ2) is 7.50. The first-order valence-electron chi connectivity index (χ1n) is 10.3. The molecule has 3 heterocycles. The molecule has 2 unspecified atom stereocenters. The number of hydrogen-bond donors (Lipinski definition) is 0. The number of esters is 1. The molecule has 2 aliphatic rings. The van der Waals surface area contributed by atoms with Gasteiger partial charge in [0.25, 0.3) is 0 Å². The number of carbonyl (C=O) groups excluding carboxylic acids is 2. The van der Waals surface area contributed by atoms with Gasteiger partial charge in [-0.3, -0.25) is 9.59 Å². The van der Waals surface area contributed by atoms with Gasteiger partial charge in [0.05, 0.1) is 28.8 Å². The summed E-state index contributed by atoms with van der Waals surface area (Å²) in [7, 11) is 2.02. The standard InChI is InChI=1S/C22H26FN3O4/c1-5-30-22(29)15-11-26-12(2)8-17(27)18-19(26)14(21(15)28)9-16(23)20(18)25-7-6-24(4)13(3)10-25/h9,11-13H,5-8,10H2,1-4H3. The van der Waals surface area contributed by atoms with Gasteiger partial charge in [-0.2, -0.15) is 0 Å². The highest BCUT2D eigenvalue weighted by atomic mass is 19.1. The molecule has 2 aromatic rings. The molecule has 0 aliphatic carbocycles. The second-order valence-electron chi connectivity index (χ2n) is 8.23. The van der Waals surface area contributed by atoms with E-state index in [1.54, 1.807) is 11.5 Å². The van der Waals surface area contributed by atoms with Crippen LogP contribution in [0.25, 0.3) is 10.9 Å². The van der Waals surface area contributed by atoms with Crippen LogP contribution >= 0.6 is 0 Å². The number of Topliss-reactive ketones (excluding diaryl/α,β-unsaturated/α-hetero) is 1. The van der Waals surface area contributed by atoms with E-state index in [1.165, 1.54) is 12.3 Å². The van der Waals surface area contributed by atoms with Crippen LogP contribution in [0.2, 0.25) is 0 Å². The number of carbonyl (C=O) groups is 2. The van der Waals surface area contributed by atoms with E-state index in [1.807, 2.05) is 18.9 Å². The molecule has 2 atom stereocenters. The Morgan fingerprint density at radius 1 is 1.23 bits per heavy atom. The molecule has 7 nitrogen and oxygen atoms in total. The highest BCUT2D eigenvalue weighted by Crippen LogP contribution is 2.38. The van der Waals surface area contributed by atoms with Crippen molar-refractivity contribution in [2.24, 2.45) is 0 Å². The van der Waals surface area contributed by atoms with Crippen molar-refractivity contribution >= 4 is 28.3 Å². The number of halogens is 1. The van der Waals surface area contributed by atoms with Gasteiger partial charge in [0.15, 0.2) is 5.78 Å². The molecule has 0 bridgehead atoms. The summed E-state index contributed by atoms with van der Waals surface area (Å²) in [5.41, 5.74) is 0.153. The molecule has 1 fully saturated rings. The van der Waals surface area contributed by atoms with E-state index < -0.39 is 17.2 Å². The van der Waals surface area contributed by atoms with Crippen molar-refractivity contribution in [2.45, 2.75) is 39.3 Å². The van der Waals surface area contributed by atoms with E-state index in [4.69, 9.17) is 4.74 Å². The van der Waals surface area contributed by atoms with E-state index in [0.29, 0.717) is 18.6 Å². The number of likely N-dealkylation sites (N-methyl/N-ethyl adjacent to an activating group) is 1. The van der Waals surface area contributed by atoms with Crippen LogP contribution in [0.1, 0.15) is 53.9 Å². The second-order valence-corrected chi connectivity index (χ2v) is 8.23. The van der Waals surface area contributed by atoms with Crippen molar-refractivity contribution in [3.8, 4) is 0 Å². The lowest BCUT2D eigenvalue weighted by Gasteiger charge is -2.40. The first-order valence-corrected chi connectivity index (χ1v) is 10.3.